The van der Waals surface area contributed by atoms with Gasteiger partial charge < -0.3 is 14.2 Å². The number of hydrogen-bond donors (Lipinski definition) is 0. The van der Waals surface area contributed by atoms with Crippen LogP contribution in [0.2, 0.25) is 0 Å². The molecule has 0 atom stereocenters. The highest BCUT2D eigenvalue weighted by Gasteiger charge is 2.14. The summed E-state index contributed by atoms with van der Waals surface area (Å²) in [5.41, 5.74) is 0.302. The Kier molecular flexibility index (Phi) is 4.78. The second-order valence-electron chi connectivity index (χ2n) is 4.56. The number of carbonyl (C=O) groups is 2. The fourth-order valence-electron chi connectivity index (χ4n) is 1.85. The van der Waals surface area contributed by atoms with Gasteiger partial charge in [-0.2, -0.15) is 0 Å². The molecule has 0 aliphatic heterocycles. The Morgan fingerprint density at radius 3 is 2.05 bits per heavy atom. The molecule has 0 heterocycles. The van der Waals surface area contributed by atoms with Crippen molar-refractivity contribution in [3.05, 3.63) is 48.6 Å². The zero-order valence-corrected chi connectivity index (χ0v) is 12.4. The maximum Gasteiger partial charge on any atom is 0.513 e. The van der Waals surface area contributed by atoms with E-state index in [4.69, 9.17) is 14.2 Å². The van der Waals surface area contributed by atoms with Gasteiger partial charge in [-0.05, 0) is 26.0 Å². The minimum Gasteiger partial charge on any atom is -0.434 e. The van der Waals surface area contributed by atoms with Crippen LogP contribution in [0.15, 0.2) is 48.6 Å². The second kappa shape index (κ2) is 6.76. The SMILES string of the molecule is C=C(C)C(=O)Oc1ccc(OC(=O)OCC)c2ccccc12. The molecule has 0 radical (unpaired) electrons. The quantitative estimate of drug-likeness (QED) is 0.371. The number of ether oxygens (including phenoxy) is 3. The van der Waals surface area contributed by atoms with Crippen molar-refractivity contribution < 1.29 is 23.8 Å². The fourth-order valence-corrected chi connectivity index (χ4v) is 1.85. The average molecular weight is 300 g/mol. The molecule has 2 aromatic carbocycles. The van der Waals surface area contributed by atoms with Gasteiger partial charge >= 0.3 is 12.1 Å². The molecule has 0 spiro atoms. The molecule has 0 fully saturated rings. The number of rotatable bonds is 4. The summed E-state index contributed by atoms with van der Waals surface area (Å²) < 4.78 is 15.2. The molecular weight excluding hydrogens is 284 g/mol. The van der Waals surface area contributed by atoms with Gasteiger partial charge in [0.25, 0.3) is 0 Å². The maximum absolute atomic E-state index is 11.7. The molecule has 2 rings (SSSR count). The first-order valence-corrected chi connectivity index (χ1v) is 6.77. The first kappa shape index (κ1) is 15.6. The van der Waals surface area contributed by atoms with E-state index in [9.17, 15) is 9.59 Å². The summed E-state index contributed by atoms with van der Waals surface area (Å²) >= 11 is 0. The van der Waals surface area contributed by atoms with Crippen LogP contribution >= 0.6 is 0 Å². The zero-order chi connectivity index (χ0) is 16.1. The Morgan fingerprint density at radius 2 is 1.55 bits per heavy atom. The Balaban J connectivity index is 2.40. The topological polar surface area (TPSA) is 61.8 Å². The van der Waals surface area contributed by atoms with Crippen LogP contribution in [0.4, 0.5) is 4.79 Å². The lowest BCUT2D eigenvalue weighted by molar-refractivity contribution is -0.129. The van der Waals surface area contributed by atoms with E-state index in [2.05, 4.69) is 6.58 Å². The predicted octanol–water partition coefficient (Wildman–Crippen LogP) is 3.86. The van der Waals surface area contributed by atoms with E-state index in [0.717, 1.165) is 0 Å². The van der Waals surface area contributed by atoms with Gasteiger partial charge in [0, 0.05) is 16.3 Å². The van der Waals surface area contributed by atoms with E-state index in [1.165, 1.54) is 0 Å². The van der Waals surface area contributed by atoms with E-state index < -0.39 is 12.1 Å². The fraction of sp³-hybridized carbons (Fsp3) is 0.176. The molecule has 0 aliphatic rings. The molecule has 0 bridgehead atoms. The molecule has 0 aliphatic carbocycles. The van der Waals surface area contributed by atoms with Crippen LogP contribution < -0.4 is 9.47 Å². The maximum atomic E-state index is 11.7. The van der Waals surface area contributed by atoms with Gasteiger partial charge in [0.05, 0.1) is 6.61 Å². The normalized spacial score (nSPS) is 10.1. The first-order valence-electron chi connectivity index (χ1n) is 6.77. The van der Waals surface area contributed by atoms with Crippen molar-refractivity contribution in [2.75, 3.05) is 6.61 Å². The van der Waals surface area contributed by atoms with Gasteiger partial charge in [0.1, 0.15) is 11.5 Å². The van der Waals surface area contributed by atoms with Crippen molar-refractivity contribution in [1.82, 2.24) is 0 Å². The van der Waals surface area contributed by atoms with Crippen LogP contribution in [0.5, 0.6) is 11.5 Å². The van der Waals surface area contributed by atoms with Crippen molar-refractivity contribution in [3.63, 3.8) is 0 Å². The van der Waals surface area contributed by atoms with Gasteiger partial charge in [-0.25, -0.2) is 9.59 Å². The molecule has 0 N–H and O–H groups in total. The highest BCUT2D eigenvalue weighted by molar-refractivity contribution is 5.97. The number of fused-ring (bicyclic) bond motifs is 1. The Bertz CT molecular complexity index is 733. The molecule has 2 aromatic rings. The Morgan fingerprint density at radius 1 is 1.00 bits per heavy atom. The molecule has 5 nitrogen and oxygen atoms in total. The van der Waals surface area contributed by atoms with E-state index in [-0.39, 0.29) is 6.61 Å². The lowest BCUT2D eigenvalue weighted by Gasteiger charge is -2.11. The van der Waals surface area contributed by atoms with Gasteiger partial charge in [0.15, 0.2) is 0 Å². The Hall–Kier alpha value is -2.82. The van der Waals surface area contributed by atoms with Gasteiger partial charge in [0.2, 0.25) is 0 Å². The minimum atomic E-state index is -0.778. The molecule has 0 amide bonds. The summed E-state index contributed by atoms with van der Waals surface area (Å²) in [6.07, 6.45) is -0.778. The number of hydrogen-bond acceptors (Lipinski definition) is 5. The van der Waals surface area contributed by atoms with Crippen molar-refractivity contribution >= 4 is 22.9 Å². The third-order valence-electron chi connectivity index (χ3n) is 2.85. The number of esters is 1. The molecule has 22 heavy (non-hydrogen) atoms. The summed E-state index contributed by atoms with van der Waals surface area (Å²) in [5.74, 6) is 0.202. The predicted molar refractivity (Wildman–Crippen MR) is 82.0 cm³/mol. The molecule has 5 heteroatoms. The molecule has 114 valence electrons. The van der Waals surface area contributed by atoms with Crippen molar-refractivity contribution in [2.45, 2.75) is 13.8 Å². The van der Waals surface area contributed by atoms with Crippen molar-refractivity contribution in [2.24, 2.45) is 0 Å². The summed E-state index contributed by atoms with van der Waals surface area (Å²) in [6, 6.07) is 10.3. The number of carbonyl (C=O) groups excluding carboxylic acids is 2. The monoisotopic (exact) mass is 300 g/mol. The highest BCUT2D eigenvalue weighted by Crippen LogP contribution is 2.33. The summed E-state index contributed by atoms with van der Waals surface area (Å²) in [7, 11) is 0. The van der Waals surface area contributed by atoms with E-state index >= 15 is 0 Å². The van der Waals surface area contributed by atoms with Crippen LogP contribution in [-0.4, -0.2) is 18.7 Å². The molecule has 0 unspecified atom stereocenters. The number of benzene rings is 2. The minimum absolute atomic E-state index is 0.227. The van der Waals surface area contributed by atoms with Crippen molar-refractivity contribution in [1.29, 1.82) is 0 Å². The lowest BCUT2D eigenvalue weighted by Crippen LogP contribution is -2.11. The highest BCUT2D eigenvalue weighted by atomic mass is 16.7. The zero-order valence-electron chi connectivity index (χ0n) is 12.4. The second-order valence-corrected chi connectivity index (χ2v) is 4.56. The third kappa shape index (κ3) is 3.44. The Labute approximate surface area is 128 Å². The third-order valence-corrected chi connectivity index (χ3v) is 2.85. The van der Waals surface area contributed by atoms with Crippen LogP contribution in [0.1, 0.15) is 13.8 Å². The van der Waals surface area contributed by atoms with Crippen molar-refractivity contribution in [3.8, 4) is 11.5 Å². The van der Waals surface area contributed by atoms with Gasteiger partial charge in [-0.15, -0.1) is 0 Å². The van der Waals surface area contributed by atoms with E-state index in [1.807, 2.05) is 0 Å². The lowest BCUT2D eigenvalue weighted by atomic mass is 10.1. The largest absolute Gasteiger partial charge is 0.513 e. The summed E-state index contributed by atoms with van der Waals surface area (Å²) in [4.78, 5) is 23.1. The summed E-state index contributed by atoms with van der Waals surface area (Å²) in [6.45, 7) is 7.04. The van der Waals surface area contributed by atoms with Gasteiger partial charge in [-0.3, -0.25) is 0 Å². The standard InChI is InChI=1S/C17H16O5/c1-4-20-17(19)22-15-10-9-14(21-16(18)11(2)3)12-7-5-6-8-13(12)15/h5-10H,2,4H2,1,3H3. The smallest absolute Gasteiger partial charge is 0.434 e. The molecule has 0 saturated carbocycles. The summed E-state index contributed by atoms with van der Waals surface area (Å²) in [5, 5.41) is 1.29. The van der Waals surface area contributed by atoms with Crippen LogP contribution in [0.25, 0.3) is 10.8 Å². The van der Waals surface area contributed by atoms with Crippen LogP contribution in [0.3, 0.4) is 0 Å². The molecule has 0 aromatic heterocycles. The van der Waals surface area contributed by atoms with Crippen LogP contribution in [0, 0.1) is 0 Å². The first-order chi connectivity index (χ1) is 10.5. The average Bonchev–Trinajstić information content (AvgIpc) is 2.49. The van der Waals surface area contributed by atoms with E-state index in [1.54, 1.807) is 50.2 Å². The molecule has 0 saturated heterocycles. The molecular formula is C17H16O5. The van der Waals surface area contributed by atoms with Gasteiger partial charge in [-0.1, -0.05) is 30.8 Å². The van der Waals surface area contributed by atoms with Crippen LogP contribution in [-0.2, 0) is 9.53 Å². The van der Waals surface area contributed by atoms with E-state index in [0.29, 0.717) is 27.8 Å².